The summed E-state index contributed by atoms with van der Waals surface area (Å²) in [6.07, 6.45) is 1.41. The van der Waals surface area contributed by atoms with Crippen molar-refractivity contribution < 1.29 is 12.8 Å². The first-order chi connectivity index (χ1) is 12.1. The molecule has 0 unspecified atom stereocenters. The third kappa shape index (κ3) is 2.66. The minimum Gasteiger partial charge on any atom is -0.295 e. The summed E-state index contributed by atoms with van der Waals surface area (Å²) in [6, 6.07) is 2.24. The first kappa shape index (κ1) is 17.3. The summed E-state index contributed by atoms with van der Waals surface area (Å²) >= 11 is 1.19. The van der Waals surface area contributed by atoms with Gasteiger partial charge in [0.05, 0.1) is 11.0 Å². The predicted octanol–water partition coefficient (Wildman–Crippen LogP) is 1.46. The number of nitrogens with zero attached hydrogens (tertiary/aromatic N) is 4. The topological polar surface area (TPSA) is 98.9 Å². The molecule has 11 heteroatoms. The van der Waals surface area contributed by atoms with Crippen molar-refractivity contribution in [2.75, 3.05) is 0 Å². The second-order valence-corrected chi connectivity index (χ2v) is 9.53. The smallest absolute Gasteiger partial charge is 0.295 e. The van der Waals surface area contributed by atoms with Crippen LogP contribution < -0.4 is 10.4 Å². The highest BCUT2D eigenvalue weighted by Gasteiger charge is 2.42. The fourth-order valence-electron chi connectivity index (χ4n) is 2.77. The molecule has 138 valence electrons. The van der Waals surface area contributed by atoms with Gasteiger partial charge < -0.3 is 0 Å². The third-order valence-electron chi connectivity index (χ3n) is 4.49. The first-order valence-electron chi connectivity index (χ1n) is 7.87. The molecule has 1 fully saturated rings. The van der Waals surface area contributed by atoms with Crippen LogP contribution >= 0.6 is 11.3 Å². The van der Waals surface area contributed by atoms with Gasteiger partial charge >= 0.3 is 5.69 Å². The average Bonchev–Trinajstić information content (AvgIpc) is 3.01. The van der Waals surface area contributed by atoms with E-state index >= 15 is 0 Å². The van der Waals surface area contributed by atoms with Crippen LogP contribution in [0, 0.1) is 12.7 Å². The number of hydrogen-bond acceptors (Lipinski definition) is 6. The molecule has 3 aromatic rings. The van der Waals surface area contributed by atoms with Crippen LogP contribution in [0.4, 0.5) is 4.39 Å². The Bertz CT molecular complexity index is 1200. The maximum absolute atomic E-state index is 14.6. The summed E-state index contributed by atoms with van der Waals surface area (Å²) in [5, 5.41) is 8.80. The molecule has 1 aliphatic carbocycles. The molecular formula is C15H16FN5O3S2. The van der Waals surface area contributed by atoms with Gasteiger partial charge in [0, 0.05) is 18.7 Å². The van der Waals surface area contributed by atoms with Crippen LogP contribution in [0.2, 0.25) is 0 Å². The standard InChI is InChI=1S/C15H16FN5O3S2/c1-8-17-18-13(25-8)21-11-7-12(26(23,24)19-15(2)4-5-15)9(16)6-10(11)20(3)14(21)22/h6-7,19H,4-5H2,1-3H3. The van der Waals surface area contributed by atoms with Gasteiger partial charge in [0.2, 0.25) is 15.2 Å². The van der Waals surface area contributed by atoms with Gasteiger partial charge in [-0.3, -0.25) is 4.57 Å². The zero-order valence-corrected chi connectivity index (χ0v) is 15.9. The SMILES string of the molecule is Cc1nnc(-n2c(=O)n(C)c3cc(F)c(S(=O)(=O)NC4(C)CC4)cc32)s1. The second kappa shape index (κ2) is 5.44. The van der Waals surface area contributed by atoms with Crippen LogP contribution in [0.15, 0.2) is 21.8 Å². The van der Waals surface area contributed by atoms with Gasteiger partial charge in [0.1, 0.15) is 15.7 Å². The van der Waals surface area contributed by atoms with E-state index < -0.39 is 32.0 Å². The van der Waals surface area contributed by atoms with Gasteiger partial charge in [-0.05, 0) is 32.8 Å². The van der Waals surface area contributed by atoms with Crippen molar-refractivity contribution >= 4 is 32.4 Å². The van der Waals surface area contributed by atoms with Crippen LogP contribution in [0.5, 0.6) is 0 Å². The van der Waals surface area contributed by atoms with E-state index in [0.29, 0.717) is 23.0 Å². The number of rotatable bonds is 4. The molecule has 26 heavy (non-hydrogen) atoms. The zero-order valence-electron chi connectivity index (χ0n) is 14.3. The monoisotopic (exact) mass is 397 g/mol. The number of halogens is 1. The number of aryl methyl sites for hydroxylation is 2. The number of imidazole rings is 1. The molecular weight excluding hydrogens is 381 g/mol. The highest BCUT2D eigenvalue weighted by molar-refractivity contribution is 7.89. The molecule has 0 aliphatic heterocycles. The summed E-state index contributed by atoms with van der Waals surface area (Å²) in [7, 11) is -2.56. The Balaban J connectivity index is 1.97. The van der Waals surface area contributed by atoms with Gasteiger partial charge in [-0.2, -0.15) is 0 Å². The molecule has 2 aromatic heterocycles. The van der Waals surface area contributed by atoms with Crippen LogP contribution in [-0.4, -0.2) is 33.3 Å². The average molecular weight is 397 g/mol. The molecule has 4 rings (SSSR count). The number of fused-ring (bicyclic) bond motifs is 1. The summed E-state index contributed by atoms with van der Waals surface area (Å²) in [5.41, 5.74) is -0.451. The van der Waals surface area contributed by atoms with Crippen molar-refractivity contribution in [3.8, 4) is 5.13 Å². The Kier molecular flexibility index (Phi) is 3.62. The van der Waals surface area contributed by atoms with Crippen molar-refractivity contribution in [3.63, 3.8) is 0 Å². The van der Waals surface area contributed by atoms with E-state index in [0.717, 1.165) is 6.07 Å². The maximum atomic E-state index is 14.6. The minimum absolute atomic E-state index is 0.261. The Morgan fingerprint density at radius 2 is 1.96 bits per heavy atom. The van der Waals surface area contributed by atoms with Crippen molar-refractivity contribution in [2.24, 2.45) is 7.05 Å². The zero-order chi connectivity index (χ0) is 18.9. The van der Waals surface area contributed by atoms with Gasteiger partial charge in [0.15, 0.2) is 0 Å². The largest absolute Gasteiger partial charge is 0.335 e. The lowest BCUT2D eigenvalue weighted by Gasteiger charge is -2.13. The molecule has 0 amide bonds. The van der Waals surface area contributed by atoms with Crippen molar-refractivity contribution in [3.05, 3.63) is 33.4 Å². The third-order valence-corrected chi connectivity index (χ3v) is 6.96. The maximum Gasteiger partial charge on any atom is 0.335 e. The number of aromatic nitrogens is 4. The summed E-state index contributed by atoms with van der Waals surface area (Å²) in [4.78, 5) is 12.1. The molecule has 0 bridgehead atoms. The van der Waals surface area contributed by atoms with E-state index in [-0.39, 0.29) is 11.0 Å². The van der Waals surface area contributed by atoms with E-state index in [1.165, 1.54) is 33.6 Å². The molecule has 1 N–H and O–H groups in total. The first-order valence-corrected chi connectivity index (χ1v) is 10.2. The quantitative estimate of drug-likeness (QED) is 0.719. The lowest BCUT2D eigenvalue weighted by Crippen LogP contribution is -2.34. The Morgan fingerprint density at radius 1 is 1.27 bits per heavy atom. The van der Waals surface area contributed by atoms with Crippen LogP contribution in [0.1, 0.15) is 24.8 Å². The number of nitrogens with one attached hydrogen (secondary N) is 1. The summed E-state index contributed by atoms with van der Waals surface area (Å²) < 4.78 is 44.8. The number of benzene rings is 1. The van der Waals surface area contributed by atoms with E-state index in [9.17, 15) is 17.6 Å². The van der Waals surface area contributed by atoms with Gasteiger partial charge in [0.25, 0.3) is 0 Å². The number of sulfonamides is 1. The molecule has 2 heterocycles. The van der Waals surface area contributed by atoms with E-state index in [1.54, 1.807) is 13.8 Å². The molecule has 0 saturated heterocycles. The number of hydrogen-bond donors (Lipinski definition) is 1. The van der Waals surface area contributed by atoms with Gasteiger partial charge in [-0.25, -0.2) is 26.9 Å². The normalized spacial score (nSPS) is 16.3. The molecule has 8 nitrogen and oxygen atoms in total. The van der Waals surface area contributed by atoms with Crippen LogP contribution in [0.3, 0.4) is 0 Å². The van der Waals surface area contributed by atoms with Gasteiger partial charge in [-0.1, -0.05) is 11.3 Å². The molecule has 0 spiro atoms. The van der Waals surface area contributed by atoms with Crippen molar-refractivity contribution in [1.29, 1.82) is 0 Å². The second-order valence-electron chi connectivity index (χ2n) is 6.72. The van der Waals surface area contributed by atoms with Crippen LogP contribution in [0.25, 0.3) is 16.2 Å². The summed E-state index contributed by atoms with van der Waals surface area (Å²) in [5.74, 6) is -0.907. The molecule has 1 aromatic carbocycles. The van der Waals surface area contributed by atoms with E-state index in [4.69, 9.17) is 0 Å². The molecule has 1 saturated carbocycles. The van der Waals surface area contributed by atoms with Gasteiger partial charge in [-0.15, -0.1) is 10.2 Å². The molecule has 0 radical (unpaired) electrons. The minimum atomic E-state index is -4.06. The van der Waals surface area contributed by atoms with Crippen molar-refractivity contribution in [2.45, 2.75) is 37.1 Å². The highest BCUT2D eigenvalue weighted by Crippen LogP contribution is 2.36. The van der Waals surface area contributed by atoms with E-state index in [1.807, 2.05) is 0 Å². The Labute approximate surface area is 152 Å². The Morgan fingerprint density at radius 3 is 2.54 bits per heavy atom. The highest BCUT2D eigenvalue weighted by atomic mass is 32.2. The van der Waals surface area contributed by atoms with Crippen LogP contribution in [-0.2, 0) is 17.1 Å². The van der Waals surface area contributed by atoms with Crippen molar-refractivity contribution in [1.82, 2.24) is 24.1 Å². The lowest BCUT2D eigenvalue weighted by molar-refractivity contribution is 0.541. The Hall–Kier alpha value is -2.11. The lowest BCUT2D eigenvalue weighted by atomic mass is 10.3. The predicted molar refractivity (Wildman–Crippen MR) is 94.6 cm³/mol. The molecule has 0 atom stereocenters. The molecule has 1 aliphatic rings. The fourth-order valence-corrected chi connectivity index (χ4v) is 5.01. The van der Waals surface area contributed by atoms with E-state index in [2.05, 4.69) is 14.9 Å². The summed E-state index contributed by atoms with van der Waals surface area (Å²) in [6.45, 7) is 3.51. The fraction of sp³-hybridized carbons (Fsp3) is 0.400.